The molecule has 6 aromatic carbocycles. The van der Waals surface area contributed by atoms with E-state index in [4.69, 9.17) is 31.4 Å². The van der Waals surface area contributed by atoms with Crippen molar-refractivity contribution < 1.29 is 53.8 Å². The van der Waals surface area contributed by atoms with E-state index in [-0.39, 0.29) is 41.2 Å². The van der Waals surface area contributed by atoms with E-state index in [0.29, 0.717) is 106 Å². The summed E-state index contributed by atoms with van der Waals surface area (Å²) in [6.45, 7) is 0.896. The number of Topliss-reactive ketones (excluding diaryl/α,β-unsaturated/α-hetero) is 2. The van der Waals surface area contributed by atoms with Crippen LogP contribution in [0.15, 0.2) is 160 Å². The average Bonchev–Trinajstić information content (AvgIpc) is 4.34. The van der Waals surface area contributed by atoms with Crippen molar-refractivity contribution in [2.24, 2.45) is 35.0 Å². The van der Waals surface area contributed by atoms with Crippen molar-refractivity contribution in [3.05, 3.63) is 162 Å². The van der Waals surface area contributed by atoms with Crippen molar-refractivity contribution >= 4 is 47.0 Å². The minimum absolute atomic E-state index is 0.00452. The monoisotopic (exact) mass is 1150 g/mol. The highest BCUT2D eigenvalue weighted by Gasteiger charge is 2.31. The van der Waals surface area contributed by atoms with Gasteiger partial charge in [-0.05, 0) is 208 Å². The van der Waals surface area contributed by atoms with Crippen molar-refractivity contribution in [2.45, 2.75) is 97.8 Å². The van der Waals surface area contributed by atoms with E-state index < -0.39 is 35.6 Å². The lowest BCUT2D eigenvalue weighted by Gasteiger charge is -2.11. The Morgan fingerprint density at radius 2 is 0.762 bits per heavy atom. The number of ether oxygens (including phenoxy) is 3. The maximum atomic E-state index is 12.3. The van der Waals surface area contributed by atoms with Crippen molar-refractivity contribution in [1.29, 1.82) is 0 Å². The molecule has 3 saturated carbocycles. The number of rotatable bonds is 27. The highest BCUT2D eigenvalue weighted by molar-refractivity contribution is 7.92. The summed E-state index contributed by atoms with van der Waals surface area (Å²) in [4.78, 5) is 36.1. The van der Waals surface area contributed by atoms with E-state index >= 15 is 0 Å². The third-order valence-corrected chi connectivity index (χ3v) is 19.2. The van der Waals surface area contributed by atoms with Gasteiger partial charge in [0.25, 0.3) is 0 Å². The molecule has 0 bridgehead atoms. The van der Waals surface area contributed by atoms with Gasteiger partial charge in [0, 0.05) is 26.3 Å². The number of nitrogens with one attached hydrogen (secondary N) is 1. The maximum absolute atomic E-state index is 12.3. The molecule has 0 radical (unpaired) electrons. The van der Waals surface area contributed by atoms with Gasteiger partial charge >= 0.3 is 0 Å². The van der Waals surface area contributed by atoms with Gasteiger partial charge in [-0.3, -0.25) is 14.4 Å². The summed E-state index contributed by atoms with van der Waals surface area (Å²) in [5, 5.41) is 2.58. The molecule has 7 N–H and O–H groups in total. The number of sulfone groups is 3. The minimum atomic E-state index is -3.22. The first-order valence-electron chi connectivity index (χ1n) is 27.0. The molecule has 0 aromatic heterocycles. The Kier molecular flexibility index (Phi) is 21.8. The van der Waals surface area contributed by atoms with Gasteiger partial charge in [0.15, 0.2) is 35.3 Å². The predicted octanol–water partition coefficient (Wildman–Crippen LogP) is 8.91. The normalized spacial score (nSPS) is 14.5. The second-order valence-electron chi connectivity index (χ2n) is 20.6. The SMILES string of the molecule is CNC(=O)Cc1ccc(Oc2ccc(S(=O)(=O)CC3CC3)cc2)cc1.NCCC(=O)Cc1ccc(Oc2ccc(S(=O)(=O)CC3CC3)cc2)cc1.NCCCC(N)C(=O)Cc1ccc(Oc2ccc(S(=O)(=O)CC3CC3)cc2)cc1. The van der Waals surface area contributed by atoms with E-state index in [1.807, 2.05) is 36.4 Å². The van der Waals surface area contributed by atoms with Crippen molar-refractivity contribution in [1.82, 2.24) is 5.32 Å². The molecular formula is C61H72N4O12S3. The number of hydrogen-bond donors (Lipinski definition) is 4. The molecule has 0 heterocycles. The second-order valence-corrected chi connectivity index (χ2v) is 26.7. The van der Waals surface area contributed by atoms with Crippen molar-refractivity contribution in [2.75, 3.05) is 37.4 Å². The van der Waals surface area contributed by atoms with E-state index in [9.17, 15) is 39.6 Å². The van der Waals surface area contributed by atoms with Gasteiger partial charge in [0.2, 0.25) is 5.91 Å². The molecule has 80 heavy (non-hydrogen) atoms. The Bertz CT molecular complexity index is 3330. The summed E-state index contributed by atoms with van der Waals surface area (Å²) in [7, 11) is -8.02. The van der Waals surface area contributed by atoms with Crippen LogP contribution in [-0.2, 0) is 63.2 Å². The number of benzene rings is 6. The summed E-state index contributed by atoms with van der Waals surface area (Å²) in [5.74, 6) is 5.31. The Morgan fingerprint density at radius 3 is 1.05 bits per heavy atom. The van der Waals surface area contributed by atoms with Gasteiger partial charge in [-0.25, -0.2) is 25.3 Å². The summed E-state index contributed by atoms with van der Waals surface area (Å²) in [6.07, 6.45) is 8.73. The van der Waals surface area contributed by atoms with E-state index in [1.165, 1.54) is 0 Å². The lowest BCUT2D eigenvalue weighted by Crippen LogP contribution is -2.32. The van der Waals surface area contributed by atoms with Crippen molar-refractivity contribution in [3.8, 4) is 34.5 Å². The molecule has 1 unspecified atom stereocenters. The van der Waals surface area contributed by atoms with Crippen LogP contribution in [0.1, 0.15) is 74.5 Å². The highest BCUT2D eigenvalue weighted by Crippen LogP contribution is 2.35. The number of carbonyl (C=O) groups is 3. The van der Waals surface area contributed by atoms with Crippen LogP contribution >= 0.6 is 0 Å². The number of amides is 1. The quantitative estimate of drug-likeness (QED) is 0.0375. The largest absolute Gasteiger partial charge is 0.457 e. The van der Waals surface area contributed by atoms with Gasteiger partial charge in [-0.1, -0.05) is 36.4 Å². The molecule has 3 fully saturated rings. The Hall–Kier alpha value is -6.74. The summed E-state index contributed by atoms with van der Waals surface area (Å²) >= 11 is 0. The molecule has 9 rings (SSSR count). The van der Waals surface area contributed by atoms with Gasteiger partial charge in [-0.2, -0.15) is 0 Å². The van der Waals surface area contributed by atoms with Gasteiger partial charge in [-0.15, -0.1) is 0 Å². The Balaban J connectivity index is 0.000000174. The van der Waals surface area contributed by atoms with Crippen molar-refractivity contribution in [3.63, 3.8) is 0 Å². The molecule has 19 heteroatoms. The predicted molar refractivity (Wildman–Crippen MR) is 308 cm³/mol. The van der Waals surface area contributed by atoms with Crippen LogP contribution in [0.2, 0.25) is 0 Å². The van der Waals surface area contributed by atoms with Gasteiger partial charge in [0.05, 0.1) is 44.4 Å². The number of hydrogen-bond acceptors (Lipinski definition) is 15. The molecule has 3 aliphatic rings. The number of nitrogens with two attached hydrogens (primary N) is 3. The third-order valence-electron chi connectivity index (χ3n) is 13.5. The zero-order chi connectivity index (χ0) is 57.3. The first kappa shape index (κ1) is 60.9. The fourth-order valence-electron chi connectivity index (χ4n) is 8.23. The minimum Gasteiger partial charge on any atom is -0.457 e. The molecule has 1 amide bonds. The standard InChI is InChI=1S/C22H28N2O4S.C20H23NO4S.C19H21NO4S/c23-13-1-2-21(24)22(25)14-16-5-7-18(8-6-16)28-19-9-11-20(12-10-19)29(26,27)15-17-3-4-17;21-12-11-17(22)13-15-3-5-18(6-4-15)25-19-7-9-20(10-8-19)26(23,24)14-16-1-2-16;1-20-19(21)12-14-4-6-16(7-5-14)24-17-8-10-18(11-9-17)25(22,23)13-15-2-3-15/h5-12,17,21H,1-4,13-15,23-24H2;3-10,16H,1-2,11-14,21H2;4-11,15H,2-3,12-13H2,1H3,(H,20,21). The molecule has 16 nitrogen and oxygen atoms in total. The number of likely N-dealkylation sites (N-methyl/N-ethyl adjacent to an activating group) is 1. The lowest BCUT2D eigenvalue weighted by atomic mass is 10.0. The molecular weight excluding hydrogens is 1080 g/mol. The molecule has 3 aliphatic carbocycles. The average molecular weight is 1150 g/mol. The number of carbonyl (C=O) groups excluding carboxylic acids is 3. The second kappa shape index (κ2) is 28.6. The zero-order valence-corrected chi connectivity index (χ0v) is 47.5. The Labute approximate surface area is 470 Å². The van der Waals surface area contributed by atoms with Crippen LogP contribution in [-0.4, -0.2) is 86.2 Å². The topological polar surface area (TPSA) is 271 Å². The van der Waals surface area contributed by atoms with Crippen LogP contribution in [0.3, 0.4) is 0 Å². The highest BCUT2D eigenvalue weighted by atomic mass is 32.2. The van der Waals surface area contributed by atoms with Gasteiger partial charge in [0.1, 0.15) is 40.3 Å². The first-order valence-corrected chi connectivity index (χ1v) is 31.9. The fourth-order valence-corrected chi connectivity index (χ4v) is 13.3. The summed E-state index contributed by atoms with van der Waals surface area (Å²) in [6, 6.07) is 40.8. The maximum Gasteiger partial charge on any atom is 0.224 e. The summed E-state index contributed by atoms with van der Waals surface area (Å²) < 4.78 is 90.8. The van der Waals surface area contributed by atoms with Crippen LogP contribution in [0.25, 0.3) is 0 Å². The van der Waals surface area contributed by atoms with E-state index in [1.54, 1.807) is 116 Å². The molecule has 1 atom stereocenters. The molecule has 0 spiro atoms. The zero-order valence-electron chi connectivity index (χ0n) is 45.0. The third kappa shape index (κ3) is 20.1. The smallest absolute Gasteiger partial charge is 0.224 e. The number of ketones is 2. The molecule has 0 saturated heterocycles. The van der Waals surface area contributed by atoms with Crippen LogP contribution < -0.4 is 36.7 Å². The first-order chi connectivity index (χ1) is 38.3. The molecule has 6 aromatic rings. The van der Waals surface area contributed by atoms with Crippen LogP contribution in [0.5, 0.6) is 34.5 Å². The Morgan fingerprint density at radius 1 is 0.463 bits per heavy atom. The fraction of sp³-hybridized carbons (Fsp3) is 0.361. The lowest BCUT2D eigenvalue weighted by molar-refractivity contribution is -0.120. The molecule has 0 aliphatic heterocycles. The van der Waals surface area contributed by atoms with E-state index in [2.05, 4.69) is 5.32 Å². The van der Waals surface area contributed by atoms with Crippen LogP contribution in [0, 0.1) is 17.8 Å². The summed E-state index contributed by atoms with van der Waals surface area (Å²) in [5.41, 5.74) is 19.4. The van der Waals surface area contributed by atoms with E-state index in [0.717, 1.165) is 61.6 Å². The van der Waals surface area contributed by atoms with Gasteiger partial charge < -0.3 is 36.7 Å². The van der Waals surface area contributed by atoms with Crippen LogP contribution in [0.4, 0.5) is 0 Å². The molecule has 426 valence electrons.